The number of ether oxygens (including phenoxy) is 1. The first-order chi connectivity index (χ1) is 11.2. The van der Waals surface area contributed by atoms with Crippen molar-refractivity contribution < 1.29 is 14.6 Å². The van der Waals surface area contributed by atoms with E-state index in [2.05, 4.69) is 4.98 Å². The summed E-state index contributed by atoms with van der Waals surface area (Å²) in [6.07, 6.45) is 4.61. The molecule has 0 bridgehead atoms. The predicted octanol–water partition coefficient (Wildman–Crippen LogP) is 2.41. The molecule has 2 unspecified atom stereocenters. The van der Waals surface area contributed by atoms with Gasteiger partial charge in [-0.15, -0.1) is 11.3 Å². The van der Waals surface area contributed by atoms with Crippen LogP contribution in [0.1, 0.15) is 60.3 Å². The van der Waals surface area contributed by atoms with Gasteiger partial charge in [0.1, 0.15) is 4.88 Å². The lowest BCUT2D eigenvalue weighted by atomic mass is 9.58. The van der Waals surface area contributed by atoms with Crippen molar-refractivity contribution in [2.24, 2.45) is 5.41 Å². The number of carbonyl (C=O) groups excluding carboxylic acids is 1. The minimum atomic E-state index is -0.276. The van der Waals surface area contributed by atoms with Crippen LogP contribution in [-0.2, 0) is 4.74 Å². The van der Waals surface area contributed by atoms with Crippen molar-refractivity contribution in [2.45, 2.75) is 57.2 Å². The average molecular weight is 336 g/mol. The van der Waals surface area contributed by atoms with Crippen molar-refractivity contribution in [3.8, 4) is 0 Å². The lowest BCUT2D eigenvalue weighted by Crippen LogP contribution is -2.62. The zero-order valence-electron chi connectivity index (χ0n) is 13.5. The van der Waals surface area contributed by atoms with Crippen molar-refractivity contribution in [1.82, 2.24) is 9.88 Å². The summed E-state index contributed by atoms with van der Waals surface area (Å²) in [7, 11) is 0. The first kappa shape index (κ1) is 15.5. The molecular weight excluding hydrogens is 312 g/mol. The summed E-state index contributed by atoms with van der Waals surface area (Å²) < 4.78 is 5.80. The van der Waals surface area contributed by atoms with Crippen LogP contribution in [0.5, 0.6) is 0 Å². The Morgan fingerprint density at radius 3 is 2.83 bits per heavy atom. The van der Waals surface area contributed by atoms with Gasteiger partial charge in [-0.25, -0.2) is 4.98 Å². The molecule has 1 aromatic rings. The van der Waals surface area contributed by atoms with E-state index in [1.807, 2.05) is 11.8 Å². The minimum Gasteiger partial charge on any atom is -0.392 e. The van der Waals surface area contributed by atoms with Crippen LogP contribution in [-0.4, -0.2) is 52.8 Å². The van der Waals surface area contributed by atoms with E-state index in [0.29, 0.717) is 25.6 Å². The fourth-order valence-corrected chi connectivity index (χ4v) is 4.99. The number of aliphatic hydroxyl groups excluding tert-OH is 1. The van der Waals surface area contributed by atoms with Gasteiger partial charge in [-0.2, -0.15) is 0 Å². The molecule has 5 nitrogen and oxygen atoms in total. The monoisotopic (exact) mass is 336 g/mol. The number of aliphatic hydroxyl groups is 1. The zero-order valence-corrected chi connectivity index (χ0v) is 14.3. The molecule has 1 saturated heterocycles. The van der Waals surface area contributed by atoms with Crippen molar-refractivity contribution in [3.05, 3.63) is 16.1 Å². The van der Waals surface area contributed by atoms with Crippen LogP contribution >= 0.6 is 11.3 Å². The van der Waals surface area contributed by atoms with Crippen LogP contribution < -0.4 is 0 Å². The number of rotatable bonds is 4. The molecule has 6 heteroatoms. The number of thiazole rings is 1. The normalized spacial score (nSPS) is 29.6. The molecule has 0 aromatic carbocycles. The van der Waals surface area contributed by atoms with Gasteiger partial charge in [0.15, 0.2) is 0 Å². The minimum absolute atomic E-state index is 0.125. The fourth-order valence-electron chi connectivity index (χ4n) is 4.15. The number of hydrogen-bond donors (Lipinski definition) is 1. The molecular formula is C17H24N2O3S. The van der Waals surface area contributed by atoms with Gasteiger partial charge in [-0.1, -0.05) is 0 Å². The van der Waals surface area contributed by atoms with E-state index in [1.165, 1.54) is 11.3 Å². The third-order valence-corrected chi connectivity index (χ3v) is 6.68. The van der Waals surface area contributed by atoms with Gasteiger partial charge in [-0.3, -0.25) is 4.79 Å². The molecule has 1 aliphatic heterocycles. The number of nitrogens with zero attached hydrogens (tertiary/aromatic N) is 2. The number of amides is 1. The lowest BCUT2D eigenvalue weighted by molar-refractivity contribution is -0.207. The third kappa shape index (κ3) is 2.51. The van der Waals surface area contributed by atoms with E-state index < -0.39 is 0 Å². The Balaban J connectivity index is 1.43. The third-order valence-electron chi connectivity index (χ3n) is 5.84. The van der Waals surface area contributed by atoms with Crippen molar-refractivity contribution in [2.75, 3.05) is 19.7 Å². The van der Waals surface area contributed by atoms with Gasteiger partial charge in [0.25, 0.3) is 5.91 Å². The number of likely N-dealkylation sites (tertiary alicyclic amines) is 1. The molecule has 2 aliphatic carbocycles. The molecule has 126 valence electrons. The Kier molecular flexibility index (Phi) is 3.94. The fraction of sp³-hybridized carbons (Fsp3) is 0.765. The Labute approximate surface area is 140 Å². The second kappa shape index (κ2) is 5.83. The smallest absolute Gasteiger partial charge is 0.265 e. The molecule has 1 amide bonds. The summed E-state index contributed by atoms with van der Waals surface area (Å²) in [5.41, 5.74) is 2.68. The molecule has 1 N–H and O–H groups in total. The highest BCUT2D eigenvalue weighted by atomic mass is 32.1. The van der Waals surface area contributed by atoms with E-state index >= 15 is 0 Å². The molecule has 3 aliphatic rings. The molecule has 2 saturated carbocycles. The van der Waals surface area contributed by atoms with Crippen LogP contribution in [0, 0.1) is 5.41 Å². The lowest BCUT2D eigenvalue weighted by Gasteiger charge is -2.56. The van der Waals surface area contributed by atoms with Crippen molar-refractivity contribution in [3.63, 3.8) is 0 Å². The molecule has 23 heavy (non-hydrogen) atoms. The average Bonchev–Trinajstić information content (AvgIpc) is 3.31. The second-order valence-electron chi connectivity index (χ2n) is 7.06. The maximum absolute atomic E-state index is 12.8. The first-order valence-electron chi connectivity index (χ1n) is 8.68. The molecule has 0 radical (unpaired) electrons. The largest absolute Gasteiger partial charge is 0.392 e. The first-order valence-corrected chi connectivity index (χ1v) is 9.56. The Hall–Kier alpha value is -0.980. The molecule has 2 heterocycles. The standard InChI is InChI=1S/C17H24N2O3S/c1-2-22-13-9-12(20)17(13)5-7-19(8-6-17)16(21)15-14(11-3-4-11)18-10-23-15/h10-13,20H,2-9H2,1H3. The SMILES string of the molecule is CCOC1CC(O)C12CCN(C(=O)c1scnc1C1CC1)CC2. The number of hydrogen-bond acceptors (Lipinski definition) is 5. The number of carbonyl (C=O) groups is 1. The molecule has 1 spiro atoms. The Morgan fingerprint density at radius 2 is 2.22 bits per heavy atom. The van der Waals surface area contributed by atoms with Gasteiger partial charge in [0.2, 0.25) is 0 Å². The summed E-state index contributed by atoms with van der Waals surface area (Å²) in [6.45, 7) is 4.11. The zero-order chi connectivity index (χ0) is 16.0. The van der Waals surface area contributed by atoms with Gasteiger partial charge < -0.3 is 14.7 Å². The van der Waals surface area contributed by atoms with Crippen LogP contribution in [0.4, 0.5) is 0 Å². The molecule has 2 atom stereocenters. The van der Waals surface area contributed by atoms with E-state index in [0.717, 1.165) is 42.7 Å². The van der Waals surface area contributed by atoms with E-state index in [1.54, 1.807) is 5.51 Å². The quantitative estimate of drug-likeness (QED) is 0.917. The maximum atomic E-state index is 12.8. The van der Waals surface area contributed by atoms with Crippen LogP contribution in [0.3, 0.4) is 0 Å². The van der Waals surface area contributed by atoms with Crippen LogP contribution in [0.15, 0.2) is 5.51 Å². The highest BCUT2D eigenvalue weighted by Crippen LogP contribution is 2.51. The van der Waals surface area contributed by atoms with Gasteiger partial charge in [0.05, 0.1) is 23.4 Å². The Bertz CT molecular complexity index is 588. The van der Waals surface area contributed by atoms with Crippen molar-refractivity contribution in [1.29, 1.82) is 0 Å². The van der Waals surface area contributed by atoms with Gasteiger partial charge in [-0.05, 0) is 32.6 Å². The summed E-state index contributed by atoms with van der Waals surface area (Å²) >= 11 is 1.47. The number of piperidine rings is 1. The summed E-state index contributed by atoms with van der Waals surface area (Å²) in [6, 6.07) is 0. The van der Waals surface area contributed by atoms with Crippen LogP contribution in [0.25, 0.3) is 0 Å². The van der Waals surface area contributed by atoms with Gasteiger partial charge in [0, 0.05) is 37.5 Å². The van der Waals surface area contributed by atoms with Crippen LogP contribution in [0.2, 0.25) is 0 Å². The summed E-state index contributed by atoms with van der Waals surface area (Å²) in [5.74, 6) is 0.637. The second-order valence-corrected chi connectivity index (χ2v) is 7.92. The highest BCUT2D eigenvalue weighted by molar-refractivity contribution is 7.11. The topological polar surface area (TPSA) is 62.7 Å². The molecule has 1 aromatic heterocycles. The summed E-state index contributed by atoms with van der Waals surface area (Å²) in [4.78, 5) is 20.0. The Morgan fingerprint density at radius 1 is 1.48 bits per heavy atom. The molecule has 3 fully saturated rings. The molecule has 4 rings (SSSR count). The van der Waals surface area contributed by atoms with E-state index in [-0.39, 0.29) is 23.5 Å². The van der Waals surface area contributed by atoms with Crippen molar-refractivity contribution >= 4 is 17.2 Å². The number of aromatic nitrogens is 1. The summed E-state index contributed by atoms with van der Waals surface area (Å²) in [5, 5.41) is 10.3. The van der Waals surface area contributed by atoms with Gasteiger partial charge >= 0.3 is 0 Å². The highest BCUT2D eigenvalue weighted by Gasteiger charge is 2.56. The maximum Gasteiger partial charge on any atom is 0.265 e. The predicted molar refractivity (Wildman–Crippen MR) is 87.7 cm³/mol. The van der Waals surface area contributed by atoms with E-state index in [9.17, 15) is 9.90 Å². The van der Waals surface area contributed by atoms with E-state index in [4.69, 9.17) is 4.74 Å².